The highest BCUT2D eigenvalue weighted by atomic mass is 19.1. The van der Waals surface area contributed by atoms with E-state index >= 15 is 0 Å². The predicted octanol–water partition coefficient (Wildman–Crippen LogP) is 5.79. The summed E-state index contributed by atoms with van der Waals surface area (Å²) in [5.41, 5.74) is 3.31. The molecule has 1 fully saturated rings. The lowest BCUT2D eigenvalue weighted by Gasteiger charge is -2.30. The number of fused-ring (bicyclic) bond motifs is 1. The fourth-order valence-electron chi connectivity index (χ4n) is 4.12. The van der Waals surface area contributed by atoms with Gasteiger partial charge >= 0.3 is 6.09 Å². The van der Waals surface area contributed by atoms with E-state index in [0.717, 1.165) is 24.0 Å². The van der Waals surface area contributed by atoms with Gasteiger partial charge in [0.1, 0.15) is 23.4 Å². The van der Waals surface area contributed by atoms with Crippen LogP contribution in [0.5, 0.6) is 5.75 Å². The van der Waals surface area contributed by atoms with Crippen LogP contribution in [-0.4, -0.2) is 34.1 Å². The molecule has 3 heterocycles. The number of nitrogens with one attached hydrogen (secondary N) is 1. The van der Waals surface area contributed by atoms with Crippen molar-refractivity contribution >= 4 is 28.7 Å². The highest BCUT2D eigenvalue weighted by Crippen LogP contribution is 2.36. The summed E-state index contributed by atoms with van der Waals surface area (Å²) in [5.74, 6) is 0.777. The third kappa shape index (κ3) is 4.37. The van der Waals surface area contributed by atoms with E-state index in [1.807, 2.05) is 31.2 Å². The van der Waals surface area contributed by atoms with Gasteiger partial charge < -0.3 is 19.4 Å². The molecule has 0 atom stereocenters. The van der Waals surface area contributed by atoms with Crippen molar-refractivity contribution in [3.05, 3.63) is 78.1 Å². The molecule has 7 nitrogen and oxygen atoms in total. The molecular formula is C25H23FN4O3. The molecule has 2 aromatic heterocycles. The molecule has 4 aromatic rings. The fraction of sp³-hybridized carbons (Fsp3) is 0.240. The van der Waals surface area contributed by atoms with Crippen molar-refractivity contribution < 1.29 is 18.3 Å². The van der Waals surface area contributed by atoms with Crippen molar-refractivity contribution in [2.75, 3.05) is 18.4 Å². The number of aryl methyl sites for hydroxylation is 1. The number of carbonyl (C=O) groups excluding carboxylic acids is 1. The molecule has 0 radical (unpaired) electrons. The van der Waals surface area contributed by atoms with Crippen LogP contribution in [0.2, 0.25) is 0 Å². The van der Waals surface area contributed by atoms with E-state index in [9.17, 15) is 9.18 Å². The van der Waals surface area contributed by atoms with E-state index in [1.54, 1.807) is 29.4 Å². The van der Waals surface area contributed by atoms with Crippen LogP contribution in [0.4, 0.5) is 20.7 Å². The topological polar surface area (TPSA) is 80.5 Å². The molecule has 8 heteroatoms. The third-order valence-corrected chi connectivity index (χ3v) is 5.90. The fourth-order valence-corrected chi connectivity index (χ4v) is 4.12. The molecule has 0 bridgehead atoms. The minimum absolute atomic E-state index is 0.186. The number of anilines is 2. The minimum atomic E-state index is -0.358. The number of likely N-dealkylation sites (tertiary alicyclic amines) is 1. The van der Waals surface area contributed by atoms with E-state index in [4.69, 9.17) is 9.15 Å². The highest BCUT2D eigenvalue weighted by molar-refractivity contribution is 5.88. The van der Waals surface area contributed by atoms with Gasteiger partial charge in [-0.3, -0.25) is 0 Å². The van der Waals surface area contributed by atoms with E-state index in [2.05, 4.69) is 15.3 Å². The maximum absolute atomic E-state index is 14.3. The lowest BCUT2D eigenvalue weighted by Crippen LogP contribution is -2.39. The average Bonchev–Trinajstić information content (AvgIpc) is 3.27. The first-order valence-electron chi connectivity index (χ1n) is 10.9. The van der Waals surface area contributed by atoms with Crippen molar-refractivity contribution in [2.24, 2.45) is 0 Å². The molecule has 1 N–H and O–H groups in total. The summed E-state index contributed by atoms with van der Waals surface area (Å²) in [6.45, 7) is 2.99. The monoisotopic (exact) mass is 446 g/mol. The maximum atomic E-state index is 14.3. The second-order valence-corrected chi connectivity index (χ2v) is 8.14. The number of benzene rings is 2. The van der Waals surface area contributed by atoms with Gasteiger partial charge in [-0.15, -0.1) is 0 Å². The maximum Gasteiger partial charge on any atom is 0.415 e. The van der Waals surface area contributed by atoms with E-state index in [1.165, 1.54) is 12.4 Å². The quantitative estimate of drug-likeness (QED) is 0.427. The second-order valence-electron chi connectivity index (χ2n) is 8.14. The van der Waals surface area contributed by atoms with Gasteiger partial charge in [0.25, 0.3) is 0 Å². The molecule has 1 amide bonds. The molecule has 0 saturated carbocycles. The zero-order valence-electron chi connectivity index (χ0n) is 18.1. The van der Waals surface area contributed by atoms with Crippen molar-refractivity contribution in [3.63, 3.8) is 0 Å². The number of piperidine rings is 1. The first kappa shape index (κ1) is 20.9. The summed E-state index contributed by atoms with van der Waals surface area (Å²) >= 11 is 0. The Balaban J connectivity index is 1.29. The molecule has 0 unspecified atom stereocenters. The highest BCUT2D eigenvalue weighted by Gasteiger charge is 2.28. The number of ether oxygens (including phenoxy) is 1. The number of hydrogen-bond donors (Lipinski definition) is 1. The summed E-state index contributed by atoms with van der Waals surface area (Å²) in [6, 6.07) is 14.0. The smallest absolute Gasteiger partial charge is 0.415 e. The van der Waals surface area contributed by atoms with Gasteiger partial charge in [-0.05, 0) is 55.5 Å². The van der Waals surface area contributed by atoms with Crippen LogP contribution in [0.3, 0.4) is 0 Å². The third-order valence-electron chi connectivity index (χ3n) is 5.90. The number of carbonyl (C=O) groups is 1. The van der Waals surface area contributed by atoms with Gasteiger partial charge in [-0.1, -0.05) is 24.3 Å². The largest absolute Gasteiger partial charge is 0.458 e. The molecule has 2 aromatic carbocycles. The predicted molar refractivity (Wildman–Crippen MR) is 122 cm³/mol. The van der Waals surface area contributed by atoms with Crippen LogP contribution >= 0.6 is 0 Å². The molecule has 0 aliphatic carbocycles. The van der Waals surface area contributed by atoms with Crippen LogP contribution in [0.1, 0.15) is 29.9 Å². The SMILES string of the molecule is Cc1ccc(Nc2ncnc3c(C4CCN(C(=O)Oc5ccccc5)CC4)coc23)c(F)c1. The summed E-state index contributed by atoms with van der Waals surface area (Å²) in [6.07, 6.45) is 4.32. The Kier molecular flexibility index (Phi) is 5.64. The van der Waals surface area contributed by atoms with Gasteiger partial charge in [-0.2, -0.15) is 0 Å². The number of hydrogen-bond acceptors (Lipinski definition) is 6. The first-order chi connectivity index (χ1) is 16.1. The first-order valence-corrected chi connectivity index (χ1v) is 10.9. The van der Waals surface area contributed by atoms with Gasteiger partial charge in [0.05, 0.1) is 12.0 Å². The molecule has 33 heavy (non-hydrogen) atoms. The number of rotatable bonds is 4. The normalized spacial score (nSPS) is 14.4. The Labute approximate surface area is 190 Å². The number of amides is 1. The Morgan fingerprint density at radius 2 is 1.94 bits per heavy atom. The Morgan fingerprint density at radius 3 is 2.70 bits per heavy atom. The number of para-hydroxylation sites is 1. The second kappa shape index (κ2) is 8.90. The zero-order chi connectivity index (χ0) is 22.8. The lowest BCUT2D eigenvalue weighted by atomic mass is 9.90. The van der Waals surface area contributed by atoms with E-state index in [0.29, 0.717) is 41.4 Å². The Morgan fingerprint density at radius 1 is 1.15 bits per heavy atom. The Bertz CT molecular complexity index is 1280. The van der Waals surface area contributed by atoms with E-state index in [-0.39, 0.29) is 17.8 Å². The lowest BCUT2D eigenvalue weighted by molar-refractivity contribution is 0.138. The van der Waals surface area contributed by atoms with E-state index < -0.39 is 0 Å². The summed E-state index contributed by atoms with van der Waals surface area (Å²) in [4.78, 5) is 22.9. The van der Waals surface area contributed by atoms with Crippen molar-refractivity contribution in [1.82, 2.24) is 14.9 Å². The molecule has 168 valence electrons. The number of nitrogens with zero attached hydrogens (tertiary/aromatic N) is 3. The minimum Gasteiger partial charge on any atom is -0.458 e. The van der Waals surface area contributed by atoms with Crippen LogP contribution < -0.4 is 10.1 Å². The number of furan rings is 1. The van der Waals surface area contributed by atoms with Crippen LogP contribution in [0.25, 0.3) is 11.1 Å². The Hall–Kier alpha value is -3.94. The number of aromatic nitrogens is 2. The van der Waals surface area contributed by atoms with Gasteiger partial charge in [-0.25, -0.2) is 19.2 Å². The van der Waals surface area contributed by atoms with Gasteiger partial charge in [0, 0.05) is 18.7 Å². The molecule has 0 spiro atoms. The van der Waals surface area contributed by atoms with Gasteiger partial charge in [0.2, 0.25) is 0 Å². The van der Waals surface area contributed by atoms with Crippen LogP contribution in [-0.2, 0) is 0 Å². The zero-order valence-corrected chi connectivity index (χ0v) is 18.1. The molecular weight excluding hydrogens is 423 g/mol. The van der Waals surface area contributed by atoms with Crippen molar-refractivity contribution in [3.8, 4) is 5.75 Å². The molecule has 1 aliphatic heterocycles. The van der Waals surface area contributed by atoms with Crippen molar-refractivity contribution in [2.45, 2.75) is 25.7 Å². The molecule has 1 saturated heterocycles. The van der Waals surface area contributed by atoms with Crippen molar-refractivity contribution in [1.29, 1.82) is 0 Å². The standard InChI is InChI=1S/C25H23FN4O3/c1-16-7-8-21(20(26)13-16)29-24-23-22(27-15-28-24)19(14-32-23)17-9-11-30(12-10-17)25(31)33-18-5-3-2-4-6-18/h2-8,13-15,17H,9-12H2,1H3,(H,27,28,29). The van der Waals surface area contributed by atoms with Gasteiger partial charge in [0.15, 0.2) is 11.4 Å². The molecule has 1 aliphatic rings. The molecule has 5 rings (SSSR count). The van der Waals surface area contributed by atoms with Crippen LogP contribution in [0, 0.1) is 12.7 Å². The number of halogens is 1. The summed E-state index contributed by atoms with van der Waals surface area (Å²) in [7, 11) is 0. The summed E-state index contributed by atoms with van der Waals surface area (Å²) < 4.78 is 25.5. The average molecular weight is 446 g/mol. The summed E-state index contributed by atoms with van der Waals surface area (Å²) in [5, 5.41) is 3.01. The van der Waals surface area contributed by atoms with Crippen LogP contribution in [0.15, 0.2) is 65.5 Å².